The van der Waals surface area contributed by atoms with Crippen LogP contribution in [0.3, 0.4) is 0 Å². The third-order valence-corrected chi connectivity index (χ3v) is 5.02. The van der Waals surface area contributed by atoms with Crippen molar-refractivity contribution in [2.75, 3.05) is 20.3 Å². The zero-order chi connectivity index (χ0) is 19.4. The molecule has 1 saturated heterocycles. The van der Waals surface area contributed by atoms with Crippen molar-refractivity contribution < 1.29 is 34.1 Å². The Morgan fingerprint density at radius 1 is 1.35 bits per heavy atom. The molecule has 1 aliphatic rings. The van der Waals surface area contributed by atoms with Crippen molar-refractivity contribution in [2.45, 2.75) is 0 Å². The first-order chi connectivity index (χ1) is 12.2. The number of ether oxygens (including phenoxy) is 2. The van der Waals surface area contributed by atoms with E-state index in [1.165, 1.54) is 13.2 Å². The molecule has 1 aliphatic heterocycles. The first kappa shape index (κ1) is 20.2. The third-order valence-electron chi connectivity index (χ3n) is 3.06. The lowest BCUT2D eigenvalue weighted by molar-refractivity contribution is -0.140. The number of rotatable bonds is 7. The standard InChI is InChI=1S/C15H12BrNO7S2/c1-23-9-3-7(2-8(16)13(9)24-6-12(20)21)4-10-14(22)17(5-11(18)19)15(25)26-10/h2-4H,5-6H2,1H3,(H,18,19)(H,20,21). The summed E-state index contributed by atoms with van der Waals surface area (Å²) < 4.78 is 11.0. The van der Waals surface area contributed by atoms with Crippen LogP contribution in [0.1, 0.15) is 5.56 Å². The number of carbonyl (C=O) groups is 3. The Labute approximate surface area is 165 Å². The van der Waals surface area contributed by atoms with Gasteiger partial charge in [-0.1, -0.05) is 24.0 Å². The SMILES string of the molecule is COc1cc(C=C2SC(=S)N(CC(=O)O)C2=O)cc(Br)c1OCC(=O)O. The van der Waals surface area contributed by atoms with Crippen LogP contribution < -0.4 is 9.47 Å². The maximum absolute atomic E-state index is 12.3. The lowest BCUT2D eigenvalue weighted by atomic mass is 10.2. The van der Waals surface area contributed by atoms with Crippen LogP contribution in [-0.4, -0.2) is 57.5 Å². The minimum atomic E-state index is -1.16. The number of methoxy groups -OCH3 is 1. The number of carboxylic acids is 2. The summed E-state index contributed by atoms with van der Waals surface area (Å²) in [6.45, 7) is -1.04. The zero-order valence-corrected chi connectivity index (χ0v) is 16.4. The van der Waals surface area contributed by atoms with Crippen LogP contribution in [0.15, 0.2) is 21.5 Å². The molecule has 0 spiro atoms. The summed E-state index contributed by atoms with van der Waals surface area (Å²) in [5, 5.41) is 17.6. The van der Waals surface area contributed by atoms with E-state index in [1.807, 2.05) is 0 Å². The Kier molecular flexibility index (Phi) is 6.62. The highest BCUT2D eigenvalue weighted by atomic mass is 79.9. The molecule has 0 radical (unpaired) electrons. The third kappa shape index (κ3) is 4.74. The van der Waals surface area contributed by atoms with Crippen LogP contribution in [-0.2, 0) is 14.4 Å². The van der Waals surface area contributed by atoms with E-state index in [0.717, 1.165) is 16.7 Å². The Morgan fingerprint density at radius 3 is 2.62 bits per heavy atom. The van der Waals surface area contributed by atoms with Gasteiger partial charge in [-0.2, -0.15) is 0 Å². The van der Waals surface area contributed by atoms with E-state index in [4.69, 9.17) is 31.9 Å². The molecule has 11 heteroatoms. The molecule has 1 heterocycles. The Morgan fingerprint density at radius 2 is 2.04 bits per heavy atom. The normalized spacial score (nSPS) is 15.5. The lowest BCUT2D eigenvalue weighted by Gasteiger charge is -2.12. The van der Waals surface area contributed by atoms with Gasteiger partial charge in [0.1, 0.15) is 10.9 Å². The van der Waals surface area contributed by atoms with Crippen molar-refractivity contribution in [3.63, 3.8) is 0 Å². The summed E-state index contributed by atoms with van der Waals surface area (Å²) in [4.78, 5) is 35.1. The summed E-state index contributed by atoms with van der Waals surface area (Å²) in [5.41, 5.74) is 0.562. The van der Waals surface area contributed by atoms with Gasteiger partial charge >= 0.3 is 11.9 Å². The summed E-state index contributed by atoms with van der Waals surface area (Å²) in [6, 6.07) is 3.18. The molecule has 1 aromatic rings. The largest absolute Gasteiger partial charge is 0.493 e. The van der Waals surface area contributed by atoms with E-state index in [9.17, 15) is 14.4 Å². The average molecular weight is 462 g/mol. The second-order valence-corrected chi connectivity index (χ2v) is 7.41. The number of hydrogen-bond acceptors (Lipinski definition) is 7. The summed E-state index contributed by atoms with van der Waals surface area (Å²) >= 11 is 9.31. The molecule has 1 fully saturated rings. The number of nitrogens with zero attached hydrogens (tertiary/aromatic N) is 1. The molecule has 2 rings (SSSR count). The van der Waals surface area contributed by atoms with E-state index in [1.54, 1.807) is 12.1 Å². The molecule has 0 unspecified atom stereocenters. The minimum Gasteiger partial charge on any atom is -0.493 e. The number of carboxylic acid groups (broad SMARTS) is 2. The van der Waals surface area contributed by atoms with Gasteiger partial charge in [0.2, 0.25) is 0 Å². The molecular formula is C15H12BrNO7S2. The molecule has 0 saturated carbocycles. The molecular weight excluding hydrogens is 450 g/mol. The maximum Gasteiger partial charge on any atom is 0.341 e. The van der Waals surface area contributed by atoms with E-state index < -0.39 is 31.0 Å². The highest BCUT2D eigenvalue weighted by molar-refractivity contribution is 9.10. The van der Waals surface area contributed by atoms with Gasteiger partial charge in [0.05, 0.1) is 16.5 Å². The maximum atomic E-state index is 12.3. The van der Waals surface area contributed by atoms with Gasteiger partial charge in [-0.25, -0.2) is 4.79 Å². The Balaban J connectivity index is 2.32. The van der Waals surface area contributed by atoms with Gasteiger partial charge in [-0.05, 0) is 39.7 Å². The van der Waals surface area contributed by atoms with Crippen LogP contribution in [0.25, 0.3) is 6.08 Å². The summed E-state index contributed by atoms with van der Waals surface area (Å²) in [5.74, 6) is -2.31. The van der Waals surface area contributed by atoms with Crippen molar-refractivity contribution in [3.8, 4) is 11.5 Å². The van der Waals surface area contributed by atoms with Gasteiger partial charge in [-0.15, -0.1) is 0 Å². The van der Waals surface area contributed by atoms with Crippen molar-refractivity contribution in [1.82, 2.24) is 4.90 Å². The van der Waals surface area contributed by atoms with Crippen LogP contribution in [0.4, 0.5) is 0 Å². The molecule has 0 aliphatic carbocycles. The predicted molar refractivity (Wildman–Crippen MR) is 101 cm³/mol. The topological polar surface area (TPSA) is 113 Å². The first-order valence-corrected chi connectivity index (χ1v) is 8.94. The highest BCUT2D eigenvalue weighted by Gasteiger charge is 2.33. The molecule has 26 heavy (non-hydrogen) atoms. The van der Waals surface area contributed by atoms with E-state index in [0.29, 0.717) is 10.0 Å². The van der Waals surface area contributed by atoms with Crippen molar-refractivity contribution in [2.24, 2.45) is 0 Å². The predicted octanol–water partition coefficient (Wildman–Crippen LogP) is 2.21. The van der Waals surface area contributed by atoms with Crippen LogP contribution in [0.2, 0.25) is 0 Å². The number of carbonyl (C=O) groups excluding carboxylic acids is 1. The second kappa shape index (κ2) is 8.52. The van der Waals surface area contributed by atoms with Crippen molar-refractivity contribution >= 4 is 68.2 Å². The Bertz CT molecular complexity index is 824. The molecule has 0 atom stereocenters. The van der Waals surface area contributed by atoms with Gasteiger partial charge in [0.15, 0.2) is 18.1 Å². The van der Waals surface area contributed by atoms with Crippen LogP contribution >= 0.6 is 39.9 Å². The second-order valence-electron chi connectivity index (χ2n) is 4.88. The summed E-state index contributed by atoms with van der Waals surface area (Å²) in [6.07, 6.45) is 1.54. The fraction of sp³-hybridized carbons (Fsp3) is 0.200. The van der Waals surface area contributed by atoms with E-state index in [-0.39, 0.29) is 20.7 Å². The van der Waals surface area contributed by atoms with Gasteiger partial charge < -0.3 is 19.7 Å². The summed E-state index contributed by atoms with van der Waals surface area (Å²) in [7, 11) is 1.39. The number of thioether (sulfide) groups is 1. The Hall–Kier alpha value is -2.11. The quantitative estimate of drug-likeness (QED) is 0.465. The number of aliphatic carboxylic acids is 2. The molecule has 8 nitrogen and oxygen atoms in total. The fourth-order valence-electron chi connectivity index (χ4n) is 2.02. The fourth-order valence-corrected chi connectivity index (χ4v) is 3.85. The van der Waals surface area contributed by atoms with Gasteiger partial charge in [0.25, 0.3) is 5.91 Å². The van der Waals surface area contributed by atoms with Gasteiger partial charge in [0, 0.05) is 0 Å². The smallest absolute Gasteiger partial charge is 0.341 e. The first-order valence-electron chi connectivity index (χ1n) is 6.92. The molecule has 138 valence electrons. The molecule has 1 aromatic carbocycles. The van der Waals surface area contributed by atoms with Crippen LogP contribution in [0.5, 0.6) is 11.5 Å². The number of halogens is 1. The highest BCUT2D eigenvalue weighted by Crippen LogP contribution is 2.39. The number of thiocarbonyl (C=S) groups is 1. The molecule has 2 N–H and O–H groups in total. The monoisotopic (exact) mass is 461 g/mol. The van der Waals surface area contributed by atoms with Crippen molar-refractivity contribution in [3.05, 3.63) is 27.1 Å². The number of amides is 1. The van der Waals surface area contributed by atoms with Crippen LogP contribution in [0, 0.1) is 0 Å². The van der Waals surface area contributed by atoms with E-state index in [2.05, 4.69) is 15.9 Å². The average Bonchev–Trinajstić information content (AvgIpc) is 2.80. The lowest BCUT2D eigenvalue weighted by Crippen LogP contribution is -2.33. The number of benzene rings is 1. The minimum absolute atomic E-state index is 0.163. The zero-order valence-electron chi connectivity index (χ0n) is 13.2. The number of hydrogen-bond donors (Lipinski definition) is 2. The molecule has 0 bridgehead atoms. The van der Waals surface area contributed by atoms with Crippen molar-refractivity contribution in [1.29, 1.82) is 0 Å². The van der Waals surface area contributed by atoms with Gasteiger partial charge in [-0.3, -0.25) is 14.5 Å². The molecule has 1 amide bonds. The molecule has 0 aromatic heterocycles. The van der Waals surface area contributed by atoms with E-state index >= 15 is 0 Å².